The number of benzene rings is 10. The first-order valence-corrected chi connectivity index (χ1v) is 21.3. The number of rotatable bonds is 8. The van der Waals surface area contributed by atoms with Gasteiger partial charge in [-0.25, -0.2) is 0 Å². The Morgan fingerprint density at radius 3 is 1.47 bits per heavy atom. The minimum absolute atomic E-state index is 1.10. The first-order chi connectivity index (χ1) is 29.8. The molecular weight excluding hydrogens is 743 g/mol. The van der Waals surface area contributed by atoms with E-state index in [0.717, 1.165) is 17.1 Å². The first kappa shape index (κ1) is 35.6. The number of hydrogen-bond acceptors (Lipinski definition) is 2. The lowest BCUT2D eigenvalue weighted by molar-refractivity contribution is 1.31. The number of anilines is 3. The van der Waals surface area contributed by atoms with E-state index in [9.17, 15) is 0 Å². The maximum Gasteiger partial charge on any atom is 0.0640 e. The van der Waals surface area contributed by atoms with Crippen LogP contribution in [0.3, 0.4) is 0 Å². The second-order valence-corrected chi connectivity index (χ2v) is 16.3. The molecule has 0 saturated carbocycles. The van der Waals surface area contributed by atoms with Crippen molar-refractivity contribution in [3.05, 3.63) is 237 Å². The van der Waals surface area contributed by atoms with Crippen molar-refractivity contribution in [2.24, 2.45) is 0 Å². The van der Waals surface area contributed by atoms with E-state index in [1.54, 1.807) is 0 Å². The molecule has 0 unspecified atom stereocenters. The van der Waals surface area contributed by atoms with Gasteiger partial charge in [-0.15, -0.1) is 11.3 Å². The maximum absolute atomic E-state index is 2.47. The van der Waals surface area contributed by atoms with Crippen LogP contribution < -0.4 is 4.90 Å². The number of fused-ring (bicyclic) bond motifs is 4. The summed E-state index contributed by atoms with van der Waals surface area (Å²) in [7, 11) is 0. The van der Waals surface area contributed by atoms with Crippen LogP contribution >= 0.6 is 11.3 Å². The third-order valence-corrected chi connectivity index (χ3v) is 12.9. The Morgan fingerprint density at radius 2 is 0.800 bits per heavy atom. The van der Waals surface area contributed by atoms with E-state index in [-0.39, 0.29) is 0 Å². The molecule has 282 valence electrons. The zero-order valence-electron chi connectivity index (χ0n) is 32.9. The molecule has 0 saturated heterocycles. The second-order valence-electron chi connectivity index (χ2n) is 15.3. The molecule has 0 bridgehead atoms. The highest BCUT2D eigenvalue weighted by Crippen LogP contribution is 2.50. The molecule has 0 spiro atoms. The molecule has 2 heteroatoms. The summed E-state index contributed by atoms with van der Waals surface area (Å²) in [4.78, 5) is 2.47. The molecule has 11 rings (SSSR count). The van der Waals surface area contributed by atoms with Crippen LogP contribution in [0.2, 0.25) is 0 Å². The van der Waals surface area contributed by atoms with Gasteiger partial charge in [0.05, 0.1) is 10.4 Å². The molecular formula is C58H39NS. The molecule has 10 aromatic carbocycles. The highest BCUT2D eigenvalue weighted by atomic mass is 32.1. The van der Waals surface area contributed by atoms with E-state index in [1.165, 1.54) is 86.6 Å². The van der Waals surface area contributed by atoms with E-state index in [1.807, 2.05) is 11.3 Å². The molecule has 0 radical (unpaired) electrons. The van der Waals surface area contributed by atoms with Crippen molar-refractivity contribution in [3.63, 3.8) is 0 Å². The molecule has 60 heavy (non-hydrogen) atoms. The van der Waals surface area contributed by atoms with Crippen LogP contribution in [0.4, 0.5) is 17.1 Å². The lowest BCUT2D eigenvalue weighted by Gasteiger charge is -2.27. The molecule has 0 amide bonds. The van der Waals surface area contributed by atoms with E-state index < -0.39 is 0 Å². The third kappa shape index (κ3) is 6.44. The summed E-state index contributed by atoms with van der Waals surface area (Å²) in [5.74, 6) is 0. The Kier molecular flexibility index (Phi) is 9.11. The summed E-state index contributed by atoms with van der Waals surface area (Å²) in [5.41, 5.74) is 15.5. The zero-order valence-corrected chi connectivity index (χ0v) is 33.7. The third-order valence-electron chi connectivity index (χ3n) is 11.7. The largest absolute Gasteiger partial charge is 0.309 e. The smallest absolute Gasteiger partial charge is 0.0640 e. The van der Waals surface area contributed by atoms with Gasteiger partial charge in [0.15, 0.2) is 0 Å². The standard InChI is InChI=1S/C58H39NS/c1-5-16-40(17-6-1)46-25-13-26-47(38-46)41-30-33-48(34-31-41)59(49-35-32-45-24-14-27-50(54(45)39-49)42-18-7-2-8-19-42)55-37-36-51(43-20-9-3-10-21-43)56-53-29-15-28-52(57(53)60-58(55)56)44-22-11-4-12-23-44/h1-39H. The molecule has 1 nitrogen and oxygen atoms in total. The van der Waals surface area contributed by atoms with Gasteiger partial charge in [0.2, 0.25) is 0 Å². The van der Waals surface area contributed by atoms with Crippen LogP contribution in [-0.4, -0.2) is 0 Å². The molecule has 0 aliphatic heterocycles. The molecule has 0 atom stereocenters. The Bertz CT molecular complexity index is 3280. The van der Waals surface area contributed by atoms with Gasteiger partial charge in [0, 0.05) is 26.8 Å². The van der Waals surface area contributed by atoms with Gasteiger partial charge in [0.25, 0.3) is 0 Å². The van der Waals surface area contributed by atoms with E-state index in [2.05, 4.69) is 241 Å². The lowest BCUT2D eigenvalue weighted by atomic mass is 9.95. The van der Waals surface area contributed by atoms with Gasteiger partial charge >= 0.3 is 0 Å². The summed E-state index contributed by atoms with van der Waals surface area (Å²) in [5, 5.41) is 4.99. The summed E-state index contributed by atoms with van der Waals surface area (Å²) < 4.78 is 2.55. The Morgan fingerprint density at radius 1 is 0.283 bits per heavy atom. The predicted octanol–water partition coefficient (Wildman–Crippen LogP) is 17.0. The minimum Gasteiger partial charge on any atom is -0.309 e. The van der Waals surface area contributed by atoms with Gasteiger partial charge in [-0.3, -0.25) is 0 Å². The Labute approximate surface area is 354 Å². The number of nitrogens with zero attached hydrogens (tertiary/aromatic N) is 1. The van der Waals surface area contributed by atoms with Crippen molar-refractivity contribution in [1.29, 1.82) is 0 Å². The zero-order chi connectivity index (χ0) is 39.8. The average molecular weight is 782 g/mol. The van der Waals surface area contributed by atoms with Crippen molar-refractivity contribution in [2.75, 3.05) is 4.90 Å². The SMILES string of the molecule is c1ccc(-c2cccc(-c3ccc(N(c4ccc5cccc(-c6ccccc6)c5c4)c4ccc(-c5ccccc5)c5c4sc4c(-c6ccccc6)cccc45)cc3)c2)cc1. The fourth-order valence-electron chi connectivity index (χ4n) is 8.78. The molecule has 0 fully saturated rings. The highest BCUT2D eigenvalue weighted by Gasteiger charge is 2.23. The molecule has 0 N–H and O–H groups in total. The summed E-state index contributed by atoms with van der Waals surface area (Å²) in [6.07, 6.45) is 0. The quantitative estimate of drug-likeness (QED) is 0.148. The van der Waals surface area contributed by atoms with Crippen molar-refractivity contribution in [3.8, 4) is 55.6 Å². The molecule has 11 aromatic rings. The molecule has 1 aromatic heterocycles. The van der Waals surface area contributed by atoms with E-state index in [0.29, 0.717) is 0 Å². The monoisotopic (exact) mass is 781 g/mol. The maximum atomic E-state index is 2.47. The van der Waals surface area contributed by atoms with Gasteiger partial charge in [-0.05, 0) is 103 Å². The van der Waals surface area contributed by atoms with Crippen LogP contribution in [0.15, 0.2) is 237 Å². The first-order valence-electron chi connectivity index (χ1n) is 20.5. The fourth-order valence-corrected chi connectivity index (χ4v) is 10.1. The van der Waals surface area contributed by atoms with Crippen LogP contribution in [0, 0.1) is 0 Å². The summed E-state index contributed by atoms with van der Waals surface area (Å²) in [6, 6.07) is 86.1. The Balaban J connectivity index is 1.15. The summed E-state index contributed by atoms with van der Waals surface area (Å²) in [6.45, 7) is 0. The van der Waals surface area contributed by atoms with Gasteiger partial charge < -0.3 is 4.90 Å². The van der Waals surface area contributed by atoms with Crippen LogP contribution in [0.5, 0.6) is 0 Å². The van der Waals surface area contributed by atoms with Crippen molar-refractivity contribution >= 4 is 59.3 Å². The highest BCUT2D eigenvalue weighted by molar-refractivity contribution is 7.27. The number of thiophene rings is 1. The molecule has 1 heterocycles. The fraction of sp³-hybridized carbons (Fsp3) is 0. The predicted molar refractivity (Wildman–Crippen MR) is 259 cm³/mol. The van der Waals surface area contributed by atoms with Crippen molar-refractivity contribution in [1.82, 2.24) is 0 Å². The lowest BCUT2D eigenvalue weighted by Crippen LogP contribution is -2.10. The van der Waals surface area contributed by atoms with Gasteiger partial charge in [-0.2, -0.15) is 0 Å². The van der Waals surface area contributed by atoms with Crippen molar-refractivity contribution < 1.29 is 0 Å². The average Bonchev–Trinajstić information content (AvgIpc) is 3.73. The molecule has 0 aliphatic carbocycles. The van der Waals surface area contributed by atoms with Crippen LogP contribution in [0.1, 0.15) is 0 Å². The van der Waals surface area contributed by atoms with E-state index in [4.69, 9.17) is 0 Å². The van der Waals surface area contributed by atoms with Crippen LogP contribution in [-0.2, 0) is 0 Å². The Hall–Kier alpha value is -7.52. The van der Waals surface area contributed by atoms with Gasteiger partial charge in [0.1, 0.15) is 0 Å². The topological polar surface area (TPSA) is 3.24 Å². The number of hydrogen-bond donors (Lipinski definition) is 0. The molecule has 0 aliphatic rings. The minimum atomic E-state index is 1.10. The van der Waals surface area contributed by atoms with Crippen molar-refractivity contribution in [2.45, 2.75) is 0 Å². The van der Waals surface area contributed by atoms with Crippen LogP contribution in [0.25, 0.3) is 86.6 Å². The van der Waals surface area contributed by atoms with Gasteiger partial charge in [-0.1, -0.05) is 200 Å². The summed E-state index contributed by atoms with van der Waals surface area (Å²) >= 11 is 1.90. The van der Waals surface area contributed by atoms with E-state index >= 15 is 0 Å². The normalized spacial score (nSPS) is 11.3. The second kappa shape index (κ2) is 15.3.